The van der Waals surface area contributed by atoms with E-state index in [9.17, 15) is 19.7 Å². The van der Waals surface area contributed by atoms with Crippen LogP contribution in [0.25, 0.3) is 0 Å². The maximum absolute atomic E-state index is 12.3. The number of aromatic nitrogens is 1. The molecule has 1 aromatic heterocycles. The van der Waals surface area contributed by atoms with Crippen molar-refractivity contribution in [2.24, 2.45) is 11.7 Å². The average molecular weight is 327 g/mol. The zero-order valence-corrected chi connectivity index (χ0v) is 13.0. The van der Waals surface area contributed by atoms with Crippen molar-refractivity contribution in [2.75, 3.05) is 0 Å². The Balaban J connectivity index is 1.92. The number of fused-ring (bicyclic) bond motifs is 1. The lowest BCUT2D eigenvalue weighted by Gasteiger charge is -2.25. The molecule has 7 nitrogen and oxygen atoms in total. The molecular formula is C17H17N3O4. The van der Waals surface area contributed by atoms with Crippen molar-refractivity contribution in [1.29, 1.82) is 0 Å². The summed E-state index contributed by atoms with van der Waals surface area (Å²) in [6.07, 6.45) is 3.79. The Morgan fingerprint density at radius 2 is 2.04 bits per heavy atom. The summed E-state index contributed by atoms with van der Waals surface area (Å²) in [4.78, 5) is 34.1. The van der Waals surface area contributed by atoms with Gasteiger partial charge < -0.3 is 10.3 Å². The van der Waals surface area contributed by atoms with Gasteiger partial charge in [0.2, 0.25) is 0 Å². The number of amides is 1. The van der Waals surface area contributed by atoms with Crippen molar-refractivity contribution in [1.82, 2.24) is 4.57 Å². The van der Waals surface area contributed by atoms with Crippen LogP contribution in [-0.2, 0) is 19.4 Å². The first-order valence-electron chi connectivity index (χ1n) is 7.71. The van der Waals surface area contributed by atoms with Gasteiger partial charge in [0.25, 0.3) is 17.2 Å². The Bertz CT molecular complexity index is 872. The van der Waals surface area contributed by atoms with E-state index in [0.717, 1.165) is 25.3 Å². The zero-order chi connectivity index (χ0) is 17.3. The van der Waals surface area contributed by atoms with Crippen LogP contribution in [0.15, 0.2) is 41.3 Å². The Kier molecular flexibility index (Phi) is 4.16. The lowest BCUT2D eigenvalue weighted by molar-refractivity contribution is -0.385. The van der Waals surface area contributed by atoms with Gasteiger partial charge in [-0.15, -0.1) is 0 Å². The summed E-state index contributed by atoms with van der Waals surface area (Å²) in [6, 6.07) is 9.08. The molecule has 3 rings (SSSR count). The minimum absolute atomic E-state index is 0.181. The van der Waals surface area contributed by atoms with E-state index < -0.39 is 16.4 Å². The minimum atomic E-state index is -0.952. The highest BCUT2D eigenvalue weighted by Crippen LogP contribution is 2.26. The highest BCUT2D eigenvalue weighted by Gasteiger charge is 2.22. The van der Waals surface area contributed by atoms with E-state index >= 15 is 0 Å². The third-order valence-electron chi connectivity index (χ3n) is 4.45. The maximum Gasteiger partial charge on any atom is 0.286 e. The van der Waals surface area contributed by atoms with E-state index in [4.69, 9.17) is 5.73 Å². The summed E-state index contributed by atoms with van der Waals surface area (Å²) in [5.74, 6) is -0.772. The standard InChI is InChI=1S/C17H17N3O4/c18-16(21)15-8-14(20(23)24)10-19(17(15)22)9-11-5-6-12-3-1-2-4-13(12)7-11/h1-4,8,10-11H,5-7,9H2,(H2,18,21)/t11-/m0/s1. The number of carbonyl (C=O) groups excluding carboxylic acids is 1. The Hall–Kier alpha value is -2.96. The first-order chi connectivity index (χ1) is 11.5. The topological polar surface area (TPSA) is 108 Å². The predicted octanol–water partition coefficient (Wildman–Crippen LogP) is 1.66. The number of nitro groups is 1. The molecule has 7 heteroatoms. The van der Waals surface area contributed by atoms with Gasteiger partial charge in [-0.25, -0.2) is 0 Å². The highest BCUT2D eigenvalue weighted by atomic mass is 16.6. The van der Waals surface area contributed by atoms with Gasteiger partial charge in [-0.1, -0.05) is 24.3 Å². The fourth-order valence-corrected chi connectivity index (χ4v) is 3.24. The van der Waals surface area contributed by atoms with Crippen LogP contribution in [0.4, 0.5) is 5.69 Å². The molecule has 1 heterocycles. The molecule has 2 N–H and O–H groups in total. The molecule has 24 heavy (non-hydrogen) atoms. The van der Waals surface area contributed by atoms with Crippen LogP contribution >= 0.6 is 0 Å². The number of benzene rings is 1. The quantitative estimate of drug-likeness (QED) is 0.680. The molecule has 0 spiro atoms. The van der Waals surface area contributed by atoms with E-state index in [-0.39, 0.29) is 17.2 Å². The SMILES string of the molecule is NC(=O)c1cc([N+](=O)[O-])cn(C[C@H]2CCc3ccccc3C2)c1=O. The number of hydrogen-bond donors (Lipinski definition) is 1. The molecule has 124 valence electrons. The molecule has 1 aromatic carbocycles. The molecule has 1 atom stereocenters. The van der Waals surface area contributed by atoms with Crippen molar-refractivity contribution in [3.05, 3.63) is 73.7 Å². The van der Waals surface area contributed by atoms with Crippen LogP contribution in [-0.4, -0.2) is 15.4 Å². The summed E-state index contributed by atoms with van der Waals surface area (Å²) >= 11 is 0. The van der Waals surface area contributed by atoms with Crippen LogP contribution in [0.1, 0.15) is 27.9 Å². The second-order valence-electron chi connectivity index (χ2n) is 6.07. The van der Waals surface area contributed by atoms with Crippen molar-refractivity contribution in [3.63, 3.8) is 0 Å². The molecule has 0 saturated carbocycles. The maximum atomic E-state index is 12.3. The van der Waals surface area contributed by atoms with Gasteiger partial charge in [0.05, 0.1) is 11.1 Å². The second-order valence-corrected chi connectivity index (χ2v) is 6.07. The van der Waals surface area contributed by atoms with Gasteiger partial charge in [-0.3, -0.25) is 19.7 Å². The fraction of sp³-hybridized carbons (Fsp3) is 0.294. The number of rotatable bonds is 4. The lowest BCUT2D eigenvalue weighted by atomic mass is 9.84. The summed E-state index contributed by atoms with van der Waals surface area (Å²) in [7, 11) is 0. The van der Waals surface area contributed by atoms with Crippen molar-refractivity contribution in [2.45, 2.75) is 25.8 Å². The average Bonchev–Trinajstić information content (AvgIpc) is 2.56. The molecule has 1 aliphatic carbocycles. The number of hydrogen-bond acceptors (Lipinski definition) is 4. The first kappa shape index (κ1) is 15.9. The van der Waals surface area contributed by atoms with Crippen molar-refractivity contribution in [3.8, 4) is 0 Å². The van der Waals surface area contributed by atoms with Gasteiger partial charge in [-0.2, -0.15) is 0 Å². The summed E-state index contributed by atoms with van der Waals surface area (Å²) in [6.45, 7) is 0.328. The smallest absolute Gasteiger partial charge is 0.286 e. The van der Waals surface area contributed by atoms with Gasteiger partial charge >= 0.3 is 0 Å². The number of nitrogens with two attached hydrogens (primary N) is 1. The molecule has 0 fully saturated rings. The van der Waals surface area contributed by atoms with E-state index in [0.29, 0.717) is 6.54 Å². The van der Waals surface area contributed by atoms with Crippen LogP contribution in [0, 0.1) is 16.0 Å². The molecule has 1 aliphatic rings. The largest absolute Gasteiger partial charge is 0.365 e. The molecule has 0 radical (unpaired) electrons. The second kappa shape index (κ2) is 6.27. The van der Waals surface area contributed by atoms with E-state index in [1.807, 2.05) is 12.1 Å². The monoisotopic (exact) mass is 327 g/mol. The summed E-state index contributed by atoms with van der Waals surface area (Å²) in [5, 5.41) is 11.0. The molecular weight excluding hydrogens is 310 g/mol. The zero-order valence-electron chi connectivity index (χ0n) is 13.0. The lowest BCUT2D eigenvalue weighted by Crippen LogP contribution is -2.32. The van der Waals surface area contributed by atoms with E-state index in [1.54, 1.807) is 0 Å². The number of aryl methyl sites for hydroxylation is 1. The molecule has 0 bridgehead atoms. The van der Waals surface area contributed by atoms with Gasteiger partial charge in [0, 0.05) is 12.6 Å². The van der Waals surface area contributed by atoms with Gasteiger partial charge in [0.15, 0.2) is 0 Å². The normalized spacial score (nSPS) is 16.4. The Morgan fingerprint density at radius 1 is 1.33 bits per heavy atom. The highest BCUT2D eigenvalue weighted by molar-refractivity contribution is 5.92. The Morgan fingerprint density at radius 3 is 2.71 bits per heavy atom. The van der Waals surface area contributed by atoms with Crippen LogP contribution < -0.4 is 11.3 Å². The number of carbonyl (C=O) groups is 1. The molecule has 0 unspecified atom stereocenters. The van der Waals surface area contributed by atoms with E-state index in [1.165, 1.54) is 21.9 Å². The fourth-order valence-electron chi connectivity index (χ4n) is 3.24. The molecule has 0 saturated heterocycles. The Labute approximate surface area is 137 Å². The van der Waals surface area contributed by atoms with Crippen LogP contribution in [0.3, 0.4) is 0 Å². The van der Waals surface area contributed by atoms with Crippen molar-refractivity contribution >= 4 is 11.6 Å². The predicted molar refractivity (Wildman–Crippen MR) is 87.8 cm³/mol. The molecule has 2 aromatic rings. The summed E-state index contributed by atoms with van der Waals surface area (Å²) < 4.78 is 1.25. The van der Waals surface area contributed by atoms with Gasteiger partial charge in [0.1, 0.15) is 5.56 Å². The van der Waals surface area contributed by atoms with Crippen molar-refractivity contribution < 1.29 is 9.72 Å². The first-order valence-corrected chi connectivity index (χ1v) is 7.71. The minimum Gasteiger partial charge on any atom is -0.365 e. The summed E-state index contributed by atoms with van der Waals surface area (Å²) in [5.41, 5.74) is 6.49. The van der Waals surface area contributed by atoms with E-state index in [2.05, 4.69) is 12.1 Å². The number of nitrogens with zero attached hydrogens (tertiary/aromatic N) is 2. The number of pyridine rings is 1. The van der Waals surface area contributed by atoms with Crippen LogP contribution in [0.2, 0.25) is 0 Å². The number of primary amides is 1. The molecule has 1 amide bonds. The third-order valence-corrected chi connectivity index (χ3v) is 4.45. The van der Waals surface area contributed by atoms with Crippen LogP contribution in [0.5, 0.6) is 0 Å². The van der Waals surface area contributed by atoms with Gasteiger partial charge in [-0.05, 0) is 36.3 Å². The molecule has 0 aliphatic heterocycles. The third kappa shape index (κ3) is 3.05.